The minimum atomic E-state index is -0.584. The number of aryl methyl sites for hydroxylation is 1. The monoisotopic (exact) mass is 390 g/mol. The minimum Gasteiger partial charge on any atom is -0.431 e. The second kappa shape index (κ2) is 6.60. The molecule has 0 spiro atoms. The summed E-state index contributed by atoms with van der Waals surface area (Å²) in [5.74, 6) is 0.276. The second-order valence-electron chi connectivity index (χ2n) is 4.19. The number of nitro groups is 1. The van der Waals surface area contributed by atoms with Gasteiger partial charge < -0.3 is 4.74 Å². The highest BCUT2D eigenvalue weighted by atomic mass is 79.9. The van der Waals surface area contributed by atoms with E-state index in [1.54, 1.807) is 13.1 Å². The van der Waals surface area contributed by atoms with Crippen LogP contribution in [0.3, 0.4) is 0 Å². The second-order valence-corrected chi connectivity index (χ2v) is 5.57. The fraction of sp³-hybridized carbons (Fsp3) is 0.154. The molecule has 110 valence electrons. The third kappa shape index (κ3) is 3.64. The van der Waals surface area contributed by atoms with Crippen molar-refractivity contribution < 1.29 is 9.66 Å². The summed E-state index contributed by atoms with van der Waals surface area (Å²) in [6.45, 7) is 1.80. The number of pyridine rings is 1. The van der Waals surface area contributed by atoms with Gasteiger partial charge in [-0.25, -0.2) is 4.98 Å². The number of halogens is 3. The fourth-order valence-electron chi connectivity index (χ4n) is 1.65. The van der Waals surface area contributed by atoms with Crippen LogP contribution in [0.5, 0.6) is 11.6 Å². The van der Waals surface area contributed by atoms with Crippen LogP contribution in [-0.4, -0.2) is 9.91 Å². The molecule has 1 aromatic carbocycles. The first-order valence-corrected chi connectivity index (χ1v) is 7.63. The van der Waals surface area contributed by atoms with Gasteiger partial charge in [0, 0.05) is 29.2 Å². The van der Waals surface area contributed by atoms with Gasteiger partial charge in [-0.15, -0.1) is 0 Å². The Hall–Kier alpha value is -1.37. The zero-order valence-corrected chi connectivity index (χ0v) is 13.9. The Morgan fingerprint density at radius 1 is 1.33 bits per heavy atom. The molecule has 1 heterocycles. The van der Waals surface area contributed by atoms with Gasteiger partial charge in [-0.1, -0.05) is 39.1 Å². The predicted octanol–water partition coefficient (Wildman–Crippen LogP) is 5.29. The third-order valence-corrected chi connectivity index (χ3v) is 4.02. The lowest BCUT2D eigenvalue weighted by Gasteiger charge is -2.09. The van der Waals surface area contributed by atoms with E-state index in [4.69, 9.17) is 27.9 Å². The summed E-state index contributed by atoms with van der Waals surface area (Å²) in [6, 6.07) is 4.34. The quantitative estimate of drug-likeness (QED) is 0.403. The molecule has 0 radical (unpaired) electrons. The van der Waals surface area contributed by atoms with Crippen molar-refractivity contribution >= 4 is 44.8 Å². The van der Waals surface area contributed by atoms with Gasteiger partial charge in [0.05, 0.1) is 15.0 Å². The molecule has 0 fully saturated rings. The lowest BCUT2D eigenvalue weighted by atomic mass is 10.2. The van der Waals surface area contributed by atoms with Gasteiger partial charge in [0.15, 0.2) is 0 Å². The van der Waals surface area contributed by atoms with E-state index in [9.17, 15) is 10.1 Å². The summed E-state index contributed by atoms with van der Waals surface area (Å²) in [7, 11) is 0. The molecule has 0 unspecified atom stereocenters. The number of hydrogen-bond acceptors (Lipinski definition) is 4. The average molecular weight is 392 g/mol. The van der Waals surface area contributed by atoms with Gasteiger partial charge >= 0.3 is 5.69 Å². The van der Waals surface area contributed by atoms with Crippen LogP contribution in [0.25, 0.3) is 0 Å². The molecule has 2 rings (SSSR count). The summed E-state index contributed by atoms with van der Waals surface area (Å²) in [5, 5.41) is 12.0. The molecule has 21 heavy (non-hydrogen) atoms. The maximum absolute atomic E-state index is 11.1. The maximum atomic E-state index is 11.1. The van der Waals surface area contributed by atoms with E-state index in [0.717, 1.165) is 17.2 Å². The highest BCUT2D eigenvalue weighted by Gasteiger charge is 2.20. The maximum Gasteiger partial charge on any atom is 0.313 e. The first kappa shape index (κ1) is 16.0. The molecule has 0 aliphatic heterocycles. The van der Waals surface area contributed by atoms with Crippen LogP contribution in [0.15, 0.2) is 24.4 Å². The van der Waals surface area contributed by atoms with Crippen molar-refractivity contribution in [3.63, 3.8) is 0 Å². The highest BCUT2D eigenvalue weighted by Crippen LogP contribution is 2.38. The average Bonchev–Trinajstić information content (AvgIpc) is 2.44. The van der Waals surface area contributed by atoms with E-state index in [-0.39, 0.29) is 27.4 Å². The van der Waals surface area contributed by atoms with Crippen LogP contribution >= 0.6 is 39.1 Å². The number of nitrogens with zero attached hydrogens (tertiary/aromatic N) is 2. The SMILES string of the molecule is Cc1cc(CBr)cnc1Oc1cc(Cl)c(Cl)cc1[N+](=O)[O-]. The van der Waals surface area contributed by atoms with Crippen LogP contribution < -0.4 is 4.74 Å². The first-order valence-electron chi connectivity index (χ1n) is 5.75. The number of rotatable bonds is 4. The van der Waals surface area contributed by atoms with E-state index in [0.29, 0.717) is 5.33 Å². The molecule has 0 amide bonds. The van der Waals surface area contributed by atoms with Crippen molar-refractivity contribution in [1.82, 2.24) is 4.98 Å². The van der Waals surface area contributed by atoms with Crippen molar-refractivity contribution in [1.29, 1.82) is 0 Å². The number of aromatic nitrogens is 1. The smallest absolute Gasteiger partial charge is 0.313 e. The Morgan fingerprint density at radius 2 is 2.00 bits per heavy atom. The largest absolute Gasteiger partial charge is 0.431 e. The Bertz CT molecular complexity index is 710. The summed E-state index contributed by atoms with van der Waals surface area (Å²) in [5.41, 5.74) is 1.46. The van der Waals surface area contributed by atoms with Gasteiger partial charge in [-0.05, 0) is 18.6 Å². The molecule has 5 nitrogen and oxygen atoms in total. The highest BCUT2D eigenvalue weighted by molar-refractivity contribution is 9.08. The van der Waals surface area contributed by atoms with Crippen molar-refractivity contribution in [3.8, 4) is 11.6 Å². The lowest BCUT2D eigenvalue weighted by molar-refractivity contribution is -0.385. The number of hydrogen-bond donors (Lipinski definition) is 0. The van der Waals surface area contributed by atoms with E-state index < -0.39 is 4.92 Å². The molecular weight excluding hydrogens is 383 g/mol. The van der Waals surface area contributed by atoms with Gasteiger partial charge in [-0.3, -0.25) is 10.1 Å². The minimum absolute atomic E-state index is 0.00316. The van der Waals surface area contributed by atoms with Crippen LogP contribution in [-0.2, 0) is 5.33 Å². The van der Waals surface area contributed by atoms with E-state index in [1.807, 2.05) is 6.07 Å². The first-order chi connectivity index (χ1) is 9.92. The number of ether oxygens (including phenoxy) is 1. The Kier molecular flexibility index (Phi) is 5.03. The zero-order valence-electron chi connectivity index (χ0n) is 10.8. The molecule has 8 heteroatoms. The fourth-order valence-corrected chi connectivity index (χ4v) is 2.27. The molecule has 0 bridgehead atoms. The van der Waals surface area contributed by atoms with Crippen LogP contribution in [0.4, 0.5) is 5.69 Å². The van der Waals surface area contributed by atoms with E-state index in [2.05, 4.69) is 20.9 Å². The van der Waals surface area contributed by atoms with Crippen LogP contribution in [0.2, 0.25) is 10.0 Å². The molecule has 1 aromatic heterocycles. The summed E-state index contributed by atoms with van der Waals surface area (Å²) in [6.07, 6.45) is 1.63. The van der Waals surface area contributed by atoms with Gasteiger partial charge in [0.2, 0.25) is 11.6 Å². The van der Waals surface area contributed by atoms with Crippen molar-refractivity contribution in [2.75, 3.05) is 0 Å². The number of benzene rings is 1. The molecule has 0 atom stereocenters. The molecule has 0 aliphatic rings. The Labute approximate surface area is 139 Å². The summed E-state index contributed by atoms with van der Waals surface area (Å²) in [4.78, 5) is 14.6. The van der Waals surface area contributed by atoms with Gasteiger partial charge in [0.25, 0.3) is 0 Å². The third-order valence-electron chi connectivity index (χ3n) is 2.65. The molecule has 0 aliphatic carbocycles. The Morgan fingerprint density at radius 3 is 2.57 bits per heavy atom. The van der Waals surface area contributed by atoms with Crippen LogP contribution in [0, 0.1) is 17.0 Å². The standard InChI is InChI=1S/C13H9BrCl2N2O3/c1-7-2-8(5-14)6-17-13(7)21-12-4-10(16)9(15)3-11(12)18(19)20/h2-4,6H,5H2,1H3. The summed E-state index contributed by atoms with van der Waals surface area (Å²) < 4.78 is 5.53. The molecule has 0 saturated heterocycles. The molecule has 0 N–H and O–H groups in total. The van der Waals surface area contributed by atoms with E-state index in [1.165, 1.54) is 6.07 Å². The van der Waals surface area contributed by atoms with Gasteiger partial charge in [-0.2, -0.15) is 0 Å². The predicted molar refractivity (Wildman–Crippen MR) is 84.8 cm³/mol. The van der Waals surface area contributed by atoms with Gasteiger partial charge in [0.1, 0.15) is 0 Å². The number of alkyl halides is 1. The molecular formula is C13H9BrCl2N2O3. The Balaban J connectivity index is 2.43. The van der Waals surface area contributed by atoms with Crippen molar-refractivity contribution in [2.45, 2.75) is 12.3 Å². The number of nitro benzene ring substituents is 1. The van der Waals surface area contributed by atoms with Crippen LogP contribution in [0.1, 0.15) is 11.1 Å². The normalized spacial score (nSPS) is 10.5. The molecule has 0 saturated carbocycles. The van der Waals surface area contributed by atoms with E-state index >= 15 is 0 Å². The van der Waals surface area contributed by atoms with Crippen molar-refractivity contribution in [2.24, 2.45) is 0 Å². The lowest BCUT2D eigenvalue weighted by Crippen LogP contribution is -1.97. The summed E-state index contributed by atoms with van der Waals surface area (Å²) >= 11 is 15.0. The zero-order chi connectivity index (χ0) is 15.6. The van der Waals surface area contributed by atoms with Crippen molar-refractivity contribution in [3.05, 3.63) is 55.7 Å². The topological polar surface area (TPSA) is 65.3 Å². The molecule has 2 aromatic rings.